The monoisotopic (exact) mass is 468 g/mol. The van der Waals surface area contributed by atoms with Gasteiger partial charge in [-0.1, -0.05) is 60.7 Å². The van der Waals surface area contributed by atoms with Crippen LogP contribution in [0, 0.1) is 18.4 Å². The van der Waals surface area contributed by atoms with E-state index >= 15 is 0 Å². The number of methoxy groups -OCH3 is 1. The van der Waals surface area contributed by atoms with Crippen LogP contribution in [-0.4, -0.2) is 48.5 Å². The van der Waals surface area contributed by atoms with Crippen LogP contribution in [0.5, 0.6) is 5.75 Å². The molecular formula is C27H28N6O2. The van der Waals surface area contributed by atoms with Crippen molar-refractivity contribution in [1.29, 1.82) is 5.26 Å². The molecule has 0 spiro atoms. The summed E-state index contributed by atoms with van der Waals surface area (Å²) in [6, 6.07) is 24.5. The Morgan fingerprint density at radius 2 is 1.74 bits per heavy atom. The summed E-state index contributed by atoms with van der Waals surface area (Å²) in [6.45, 7) is 3.42. The maximum atomic E-state index is 13.4. The summed E-state index contributed by atoms with van der Waals surface area (Å²) in [5.74, 6) is 1.06. The van der Waals surface area contributed by atoms with Crippen molar-refractivity contribution < 1.29 is 9.53 Å². The maximum Gasteiger partial charge on any atom is 0.322 e. The van der Waals surface area contributed by atoms with Crippen LogP contribution < -0.4 is 15.4 Å². The third-order valence-electron chi connectivity index (χ3n) is 5.98. The molecule has 0 radical (unpaired) electrons. The number of carbonyl (C=O) groups is 1. The lowest BCUT2D eigenvalue weighted by Gasteiger charge is -2.42. The molecular weight excluding hydrogens is 440 g/mol. The molecule has 3 aromatic rings. The molecule has 0 bridgehead atoms. The largest absolute Gasteiger partial charge is 0.495 e. The van der Waals surface area contributed by atoms with Crippen LogP contribution in [0.4, 0.5) is 16.2 Å². The normalized spacial score (nSPS) is 15.8. The number of nitriles is 1. The van der Waals surface area contributed by atoms with Gasteiger partial charge in [-0.3, -0.25) is 5.32 Å². The summed E-state index contributed by atoms with van der Waals surface area (Å²) in [5, 5.41) is 15.1. The molecule has 0 aromatic heterocycles. The molecule has 1 saturated heterocycles. The molecule has 8 heteroatoms. The minimum absolute atomic E-state index is 0.214. The van der Waals surface area contributed by atoms with Crippen LogP contribution in [0.1, 0.15) is 17.2 Å². The van der Waals surface area contributed by atoms with Gasteiger partial charge in [0, 0.05) is 19.6 Å². The van der Waals surface area contributed by atoms with Gasteiger partial charge in [-0.05, 0) is 36.2 Å². The molecule has 1 aliphatic rings. The van der Waals surface area contributed by atoms with Gasteiger partial charge in [-0.25, -0.2) is 9.79 Å². The fraction of sp³-hybridized carbons (Fsp3) is 0.222. The van der Waals surface area contributed by atoms with Crippen molar-refractivity contribution in [3.63, 3.8) is 0 Å². The van der Waals surface area contributed by atoms with Crippen molar-refractivity contribution in [2.24, 2.45) is 4.99 Å². The zero-order valence-electron chi connectivity index (χ0n) is 19.8. The van der Waals surface area contributed by atoms with Crippen molar-refractivity contribution in [1.82, 2.24) is 15.1 Å². The van der Waals surface area contributed by atoms with E-state index in [-0.39, 0.29) is 12.1 Å². The van der Waals surface area contributed by atoms with Crippen molar-refractivity contribution >= 4 is 23.4 Å². The molecule has 2 amide bonds. The van der Waals surface area contributed by atoms with Gasteiger partial charge in [0.2, 0.25) is 5.96 Å². The number of aryl methyl sites for hydroxylation is 1. The second-order valence-electron chi connectivity index (χ2n) is 8.16. The number of para-hydroxylation sites is 3. The van der Waals surface area contributed by atoms with Gasteiger partial charge in [0.05, 0.1) is 24.5 Å². The van der Waals surface area contributed by atoms with E-state index in [1.165, 1.54) is 0 Å². The van der Waals surface area contributed by atoms with Gasteiger partial charge in [0.25, 0.3) is 0 Å². The Morgan fingerprint density at radius 3 is 2.49 bits per heavy atom. The summed E-state index contributed by atoms with van der Waals surface area (Å²) in [6.07, 6.45) is 2.01. The molecule has 8 nitrogen and oxygen atoms in total. The van der Waals surface area contributed by atoms with Crippen molar-refractivity contribution in [2.75, 3.05) is 32.1 Å². The number of nitrogens with one attached hydrogen (secondary N) is 2. The Bertz CT molecular complexity index is 1240. The number of nitrogens with zero attached hydrogens (tertiary/aromatic N) is 4. The first-order chi connectivity index (χ1) is 17.1. The fourth-order valence-corrected chi connectivity index (χ4v) is 4.14. The number of piperazine rings is 1. The van der Waals surface area contributed by atoms with Gasteiger partial charge in [0.1, 0.15) is 5.75 Å². The summed E-state index contributed by atoms with van der Waals surface area (Å²) in [7, 11) is 1.58. The quantitative estimate of drug-likeness (QED) is 0.252. The molecule has 4 rings (SSSR count). The van der Waals surface area contributed by atoms with Crippen LogP contribution >= 0.6 is 0 Å². The molecule has 1 atom stereocenters. The van der Waals surface area contributed by atoms with E-state index in [1.807, 2.05) is 102 Å². The smallest absolute Gasteiger partial charge is 0.322 e. The van der Waals surface area contributed by atoms with Crippen molar-refractivity contribution in [3.8, 4) is 11.9 Å². The molecule has 178 valence electrons. The first kappa shape index (κ1) is 23.6. The summed E-state index contributed by atoms with van der Waals surface area (Å²) >= 11 is 0. The van der Waals surface area contributed by atoms with Gasteiger partial charge >= 0.3 is 6.03 Å². The number of amides is 2. The Morgan fingerprint density at radius 1 is 1.03 bits per heavy atom. The molecule has 2 N–H and O–H groups in total. The minimum Gasteiger partial charge on any atom is -0.495 e. The molecule has 3 aromatic carbocycles. The summed E-state index contributed by atoms with van der Waals surface area (Å²) in [5.41, 5.74) is 3.42. The van der Waals surface area contributed by atoms with Crippen LogP contribution in [0.3, 0.4) is 0 Å². The fourth-order valence-electron chi connectivity index (χ4n) is 4.14. The minimum atomic E-state index is -0.248. The highest BCUT2D eigenvalue weighted by molar-refractivity contribution is 5.92. The Balaban J connectivity index is 1.62. The molecule has 0 saturated carbocycles. The number of anilines is 1. The zero-order chi connectivity index (χ0) is 24.6. The van der Waals surface area contributed by atoms with E-state index in [2.05, 4.69) is 10.6 Å². The molecule has 1 fully saturated rings. The predicted octanol–water partition coefficient (Wildman–Crippen LogP) is 4.65. The van der Waals surface area contributed by atoms with E-state index in [1.54, 1.807) is 7.11 Å². The average molecular weight is 469 g/mol. The van der Waals surface area contributed by atoms with Gasteiger partial charge < -0.3 is 19.9 Å². The van der Waals surface area contributed by atoms with E-state index in [9.17, 15) is 10.1 Å². The van der Waals surface area contributed by atoms with Crippen LogP contribution in [-0.2, 0) is 0 Å². The van der Waals surface area contributed by atoms with Crippen LogP contribution in [0.2, 0.25) is 0 Å². The van der Waals surface area contributed by atoms with Gasteiger partial charge in [-0.2, -0.15) is 5.26 Å². The van der Waals surface area contributed by atoms with Crippen molar-refractivity contribution in [2.45, 2.75) is 13.0 Å². The number of benzene rings is 3. The number of hydrogen-bond donors (Lipinski definition) is 2. The molecule has 35 heavy (non-hydrogen) atoms. The lowest BCUT2D eigenvalue weighted by molar-refractivity contribution is 0.135. The zero-order valence-corrected chi connectivity index (χ0v) is 19.8. The number of aliphatic imine (C=N–C) groups is 1. The van der Waals surface area contributed by atoms with Crippen LogP contribution in [0.25, 0.3) is 0 Å². The number of ether oxygens (including phenoxy) is 1. The third-order valence-corrected chi connectivity index (χ3v) is 5.98. The molecule has 1 aliphatic heterocycles. The second kappa shape index (κ2) is 11.1. The number of hydrogen-bond acceptors (Lipinski definition) is 4. The van der Waals surface area contributed by atoms with Gasteiger partial charge in [0.15, 0.2) is 6.19 Å². The first-order valence-electron chi connectivity index (χ1n) is 11.4. The molecule has 1 unspecified atom stereocenters. The highest BCUT2D eigenvalue weighted by Crippen LogP contribution is 2.29. The predicted molar refractivity (Wildman–Crippen MR) is 136 cm³/mol. The average Bonchev–Trinajstić information content (AvgIpc) is 2.90. The lowest BCUT2D eigenvalue weighted by Crippen LogP contribution is -2.55. The summed E-state index contributed by atoms with van der Waals surface area (Å²) < 4.78 is 5.39. The SMILES string of the molecule is COc1ccccc1NC(=O)N1CCN(C(=Nc2ccccc2C)NC#N)CC1c1ccccc1. The van der Waals surface area contributed by atoms with Crippen molar-refractivity contribution in [3.05, 3.63) is 90.0 Å². The number of rotatable bonds is 4. The lowest BCUT2D eigenvalue weighted by atomic mass is 10.0. The van der Waals surface area contributed by atoms with E-state index in [0.29, 0.717) is 37.0 Å². The molecule has 0 aliphatic carbocycles. The van der Waals surface area contributed by atoms with Crippen LogP contribution in [0.15, 0.2) is 83.9 Å². The Hall–Kier alpha value is -4.51. The highest BCUT2D eigenvalue weighted by atomic mass is 16.5. The number of urea groups is 1. The highest BCUT2D eigenvalue weighted by Gasteiger charge is 2.33. The van der Waals surface area contributed by atoms with Gasteiger partial charge in [-0.15, -0.1) is 0 Å². The second-order valence-corrected chi connectivity index (χ2v) is 8.16. The molecule has 1 heterocycles. The standard InChI is InChI=1S/C27H28N6O2/c1-20-10-6-7-13-22(20)30-26(29-19-28)32-16-17-33(24(18-32)21-11-4-3-5-12-21)27(34)31-23-14-8-9-15-25(23)35-2/h3-15,24H,16-18H2,1-2H3,(H,29,30)(H,31,34). The first-order valence-corrected chi connectivity index (χ1v) is 11.4. The van der Waals surface area contributed by atoms with E-state index < -0.39 is 0 Å². The van der Waals surface area contributed by atoms with E-state index in [0.717, 1.165) is 16.8 Å². The summed E-state index contributed by atoms with van der Waals surface area (Å²) in [4.78, 5) is 22.0. The Kier molecular flexibility index (Phi) is 7.48. The Labute approximate surface area is 205 Å². The third kappa shape index (κ3) is 5.53. The number of guanidine groups is 1. The number of carbonyl (C=O) groups excluding carboxylic acids is 1. The topological polar surface area (TPSA) is 93.0 Å². The maximum absolute atomic E-state index is 13.4. The van der Waals surface area contributed by atoms with E-state index in [4.69, 9.17) is 9.73 Å².